The molecule has 0 bridgehead atoms. The minimum Gasteiger partial charge on any atom is -0.481 e. The van der Waals surface area contributed by atoms with E-state index in [-0.39, 0.29) is 5.92 Å². The zero-order chi connectivity index (χ0) is 7.28. The van der Waals surface area contributed by atoms with Crippen molar-refractivity contribution in [2.75, 3.05) is 0 Å². The zero-order valence-corrected chi connectivity index (χ0v) is 5.63. The number of hydrogen-bond acceptors (Lipinski definition) is 1. The summed E-state index contributed by atoms with van der Waals surface area (Å²) >= 11 is 0. The van der Waals surface area contributed by atoms with Crippen LogP contribution in [0.15, 0.2) is 12.7 Å². The molecule has 0 saturated heterocycles. The molecule has 0 aliphatic rings. The highest BCUT2D eigenvalue weighted by Gasteiger charge is 2.07. The molecule has 0 amide bonds. The van der Waals surface area contributed by atoms with Gasteiger partial charge >= 0.3 is 5.97 Å². The molecular weight excluding hydrogens is 116 g/mol. The number of aliphatic carboxylic acids is 1. The Kier molecular flexibility index (Phi) is 3.76. The maximum Gasteiger partial charge on any atom is 0.306 e. The average molecular weight is 128 g/mol. The molecule has 0 aliphatic heterocycles. The summed E-state index contributed by atoms with van der Waals surface area (Å²) in [5.41, 5.74) is 0. The molecule has 52 valence electrons. The largest absolute Gasteiger partial charge is 0.481 e. The van der Waals surface area contributed by atoms with E-state index >= 15 is 0 Å². The molecular formula is C7H12O2. The lowest BCUT2D eigenvalue weighted by Gasteiger charge is -2.00. The molecule has 0 heterocycles. The fourth-order valence-electron chi connectivity index (χ4n) is 0.491. The minimum atomic E-state index is -0.725. The Morgan fingerprint density at radius 3 is 2.78 bits per heavy atom. The van der Waals surface area contributed by atoms with E-state index in [1.165, 1.54) is 0 Å². The van der Waals surface area contributed by atoms with E-state index in [1.807, 2.05) is 0 Å². The van der Waals surface area contributed by atoms with Crippen molar-refractivity contribution in [3.05, 3.63) is 12.7 Å². The van der Waals surface area contributed by atoms with Gasteiger partial charge in [0.05, 0.1) is 5.92 Å². The number of carbonyl (C=O) groups is 1. The van der Waals surface area contributed by atoms with Crippen LogP contribution in [0.4, 0.5) is 0 Å². The summed E-state index contributed by atoms with van der Waals surface area (Å²) in [6.45, 7) is 5.20. The van der Waals surface area contributed by atoms with Crippen LogP contribution in [0, 0.1) is 5.92 Å². The van der Waals surface area contributed by atoms with E-state index in [1.54, 1.807) is 13.0 Å². The number of rotatable bonds is 4. The van der Waals surface area contributed by atoms with E-state index in [2.05, 4.69) is 6.58 Å². The van der Waals surface area contributed by atoms with Crippen LogP contribution in [-0.2, 0) is 4.79 Å². The van der Waals surface area contributed by atoms with Gasteiger partial charge in [-0.1, -0.05) is 13.0 Å². The third-order valence-corrected chi connectivity index (χ3v) is 1.23. The van der Waals surface area contributed by atoms with E-state index in [0.29, 0.717) is 6.42 Å². The summed E-state index contributed by atoms with van der Waals surface area (Å²) in [5.74, 6) is -0.958. The Bertz CT molecular complexity index is 107. The molecule has 0 aromatic carbocycles. The fraction of sp³-hybridized carbons (Fsp3) is 0.571. The van der Waals surface area contributed by atoms with Gasteiger partial charge < -0.3 is 5.11 Å². The van der Waals surface area contributed by atoms with Crippen LogP contribution in [-0.4, -0.2) is 11.1 Å². The summed E-state index contributed by atoms with van der Waals surface area (Å²) in [6.07, 6.45) is 3.21. The Balaban J connectivity index is 3.37. The maximum atomic E-state index is 10.2. The van der Waals surface area contributed by atoms with Gasteiger partial charge in [0.15, 0.2) is 0 Å². The predicted octanol–water partition coefficient (Wildman–Crippen LogP) is 1.67. The second kappa shape index (κ2) is 4.13. The SMILES string of the molecule is C=CCC[C@H](C)C(=O)O. The van der Waals surface area contributed by atoms with E-state index in [4.69, 9.17) is 5.11 Å². The first-order valence-corrected chi connectivity index (χ1v) is 3.02. The van der Waals surface area contributed by atoms with Crippen molar-refractivity contribution < 1.29 is 9.90 Å². The van der Waals surface area contributed by atoms with Crippen molar-refractivity contribution in [1.82, 2.24) is 0 Å². The lowest BCUT2D eigenvalue weighted by molar-refractivity contribution is -0.141. The van der Waals surface area contributed by atoms with Gasteiger partial charge in [0.25, 0.3) is 0 Å². The van der Waals surface area contributed by atoms with Crippen molar-refractivity contribution in [2.24, 2.45) is 5.92 Å². The summed E-state index contributed by atoms with van der Waals surface area (Å²) in [5, 5.41) is 8.37. The molecule has 2 heteroatoms. The number of allylic oxidation sites excluding steroid dienone is 1. The van der Waals surface area contributed by atoms with E-state index in [9.17, 15) is 4.79 Å². The summed E-state index contributed by atoms with van der Waals surface area (Å²) in [7, 11) is 0. The molecule has 0 rings (SSSR count). The van der Waals surface area contributed by atoms with Crippen LogP contribution in [0.1, 0.15) is 19.8 Å². The van der Waals surface area contributed by atoms with E-state index < -0.39 is 5.97 Å². The lowest BCUT2D eigenvalue weighted by Crippen LogP contribution is -2.08. The van der Waals surface area contributed by atoms with Gasteiger partial charge in [-0.3, -0.25) is 4.79 Å². The van der Waals surface area contributed by atoms with Gasteiger partial charge in [0.1, 0.15) is 0 Å². The van der Waals surface area contributed by atoms with Crippen molar-refractivity contribution in [2.45, 2.75) is 19.8 Å². The average Bonchev–Trinajstić information content (AvgIpc) is 1.82. The normalized spacial score (nSPS) is 12.6. The molecule has 0 radical (unpaired) electrons. The summed E-state index contributed by atoms with van der Waals surface area (Å²) < 4.78 is 0. The van der Waals surface area contributed by atoms with Crippen molar-refractivity contribution in [1.29, 1.82) is 0 Å². The Labute approximate surface area is 55.2 Å². The fourth-order valence-corrected chi connectivity index (χ4v) is 0.491. The van der Waals surface area contributed by atoms with E-state index in [0.717, 1.165) is 6.42 Å². The first-order valence-electron chi connectivity index (χ1n) is 3.02. The quantitative estimate of drug-likeness (QED) is 0.585. The minimum absolute atomic E-state index is 0.233. The van der Waals surface area contributed by atoms with Gasteiger partial charge in [-0.25, -0.2) is 0 Å². The molecule has 0 aromatic rings. The standard InChI is InChI=1S/C7H12O2/c1-3-4-5-6(2)7(8)9/h3,6H,1,4-5H2,2H3,(H,8,9)/t6-/m0/s1. The van der Waals surface area contributed by atoms with Gasteiger partial charge in [-0.05, 0) is 12.8 Å². The number of hydrogen-bond donors (Lipinski definition) is 1. The first kappa shape index (κ1) is 8.21. The number of carboxylic acids is 1. The topological polar surface area (TPSA) is 37.3 Å². The molecule has 0 aromatic heterocycles. The van der Waals surface area contributed by atoms with Crippen LogP contribution >= 0.6 is 0 Å². The van der Waals surface area contributed by atoms with Crippen LogP contribution in [0.2, 0.25) is 0 Å². The predicted molar refractivity (Wildman–Crippen MR) is 36.2 cm³/mol. The third-order valence-electron chi connectivity index (χ3n) is 1.23. The zero-order valence-electron chi connectivity index (χ0n) is 5.63. The molecule has 0 saturated carbocycles. The molecule has 2 nitrogen and oxygen atoms in total. The van der Waals surface area contributed by atoms with Gasteiger partial charge in [-0.2, -0.15) is 0 Å². The second-order valence-electron chi connectivity index (χ2n) is 2.11. The Hall–Kier alpha value is -0.790. The maximum absolute atomic E-state index is 10.2. The van der Waals surface area contributed by atoms with Crippen molar-refractivity contribution in [3.8, 4) is 0 Å². The molecule has 0 spiro atoms. The van der Waals surface area contributed by atoms with Gasteiger partial charge in [0, 0.05) is 0 Å². The molecule has 0 aliphatic carbocycles. The smallest absolute Gasteiger partial charge is 0.306 e. The molecule has 1 atom stereocenters. The number of carboxylic acid groups (broad SMARTS) is 1. The molecule has 1 N–H and O–H groups in total. The van der Waals surface area contributed by atoms with Crippen LogP contribution in [0.5, 0.6) is 0 Å². The Morgan fingerprint density at radius 1 is 1.89 bits per heavy atom. The Morgan fingerprint density at radius 2 is 2.44 bits per heavy atom. The van der Waals surface area contributed by atoms with Crippen molar-refractivity contribution >= 4 is 5.97 Å². The second-order valence-corrected chi connectivity index (χ2v) is 2.11. The molecule has 9 heavy (non-hydrogen) atoms. The monoisotopic (exact) mass is 128 g/mol. The highest BCUT2D eigenvalue weighted by molar-refractivity contribution is 5.69. The lowest BCUT2D eigenvalue weighted by atomic mass is 10.1. The van der Waals surface area contributed by atoms with Gasteiger partial charge in [-0.15, -0.1) is 6.58 Å². The first-order chi connectivity index (χ1) is 4.18. The van der Waals surface area contributed by atoms with Crippen LogP contribution in [0.25, 0.3) is 0 Å². The molecule has 0 fully saturated rings. The van der Waals surface area contributed by atoms with Crippen LogP contribution < -0.4 is 0 Å². The van der Waals surface area contributed by atoms with Gasteiger partial charge in [0.2, 0.25) is 0 Å². The summed E-state index contributed by atoms with van der Waals surface area (Å²) in [6, 6.07) is 0. The highest BCUT2D eigenvalue weighted by Crippen LogP contribution is 2.04. The highest BCUT2D eigenvalue weighted by atomic mass is 16.4. The summed E-state index contributed by atoms with van der Waals surface area (Å²) in [4.78, 5) is 10.2. The third kappa shape index (κ3) is 3.76. The molecule has 0 unspecified atom stereocenters. The van der Waals surface area contributed by atoms with Crippen molar-refractivity contribution in [3.63, 3.8) is 0 Å². The van der Waals surface area contributed by atoms with Crippen LogP contribution in [0.3, 0.4) is 0 Å².